The lowest BCUT2D eigenvalue weighted by Crippen LogP contribution is -2.26. The fourth-order valence-corrected chi connectivity index (χ4v) is 2.60. The number of benzene rings is 1. The smallest absolute Gasteiger partial charge is 0.316 e. The van der Waals surface area contributed by atoms with Gasteiger partial charge in [-0.2, -0.15) is 0 Å². The summed E-state index contributed by atoms with van der Waals surface area (Å²) in [5.41, 5.74) is 1.84. The van der Waals surface area contributed by atoms with Crippen LogP contribution >= 0.6 is 0 Å². The minimum absolute atomic E-state index is 0.314. The summed E-state index contributed by atoms with van der Waals surface area (Å²) in [5.74, 6) is -2.78. The molecule has 92 valence electrons. The van der Waals surface area contributed by atoms with Gasteiger partial charge < -0.3 is 15.4 Å². The normalized spacial score (nSPS) is 23.2. The van der Waals surface area contributed by atoms with Crippen molar-refractivity contribution in [1.82, 2.24) is 10.3 Å². The first-order chi connectivity index (χ1) is 8.68. The zero-order valence-corrected chi connectivity index (χ0v) is 9.51. The average Bonchev–Trinajstić information content (AvgIpc) is 2.92. The summed E-state index contributed by atoms with van der Waals surface area (Å²) in [6, 6.07) is 7.68. The van der Waals surface area contributed by atoms with E-state index in [0.717, 1.165) is 16.5 Å². The van der Waals surface area contributed by atoms with Gasteiger partial charge in [0, 0.05) is 29.6 Å². The van der Waals surface area contributed by atoms with E-state index in [1.54, 1.807) is 6.20 Å². The minimum Gasteiger partial charge on any atom is -0.481 e. The first-order valence-electron chi connectivity index (χ1n) is 5.75. The molecule has 1 saturated heterocycles. The molecular weight excluding hydrogens is 232 g/mol. The molecular formula is C13H12N2O3. The lowest BCUT2D eigenvalue weighted by Gasteiger charge is -2.11. The van der Waals surface area contributed by atoms with Gasteiger partial charge in [-0.15, -0.1) is 0 Å². The molecule has 0 bridgehead atoms. The Morgan fingerprint density at radius 2 is 2.11 bits per heavy atom. The van der Waals surface area contributed by atoms with E-state index in [4.69, 9.17) is 5.11 Å². The molecule has 5 nitrogen and oxygen atoms in total. The first-order valence-corrected chi connectivity index (χ1v) is 5.75. The Labute approximate surface area is 103 Å². The second-order valence-electron chi connectivity index (χ2n) is 4.46. The summed E-state index contributed by atoms with van der Waals surface area (Å²) < 4.78 is 0. The number of carboxylic acids is 1. The lowest BCUT2D eigenvalue weighted by molar-refractivity contribution is -0.145. The fraction of sp³-hybridized carbons (Fsp3) is 0.231. The van der Waals surface area contributed by atoms with E-state index in [9.17, 15) is 9.59 Å². The summed E-state index contributed by atoms with van der Waals surface area (Å²) in [7, 11) is 0. The van der Waals surface area contributed by atoms with Crippen LogP contribution in [0.3, 0.4) is 0 Å². The summed E-state index contributed by atoms with van der Waals surface area (Å²) in [4.78, 5) is 25.8. The van der Waals surface area contributed by atoms with Crippen molar-refractivity contribution in [1.29, 1.82) is 0 Å². The highest BCUT2D eigenvalue weighted by molar-refractivity contribution is 6.00. The highest BCUT2D eigenvalue weighted by atomic mass is 16.4. The van der Waals surface area contributed by atoms with Crippen molar-refractivity contribution < 1.29 is 14.7 Å². The number of aliphatic carboxylic acids is 1. The van der Waals surface area contributed by atoms with Gasteiger partial charge in [-0.05, 0) is 11.6 Å². The third-order valence-corrected chi connectivity index (χ3v) is 3.47. The monoisotopic (exact) mass is 244 g/mol. The highest BCUT2D eigenvalue weighted by Crippen LogP contribution is 2.33. The van der Waals surface area contributed by atoms with Crippen molar-refractivity contribution in [3.05, 3.63) is 36.0 Å². The summed E-state index contributed by atoms with van der Waals surface area (Å²) in [6.07, 6.45) is 1.80. The van der Waals surface area contributed by atoms with Crippen LogP contribution in [0.5, 0.6) is 0 Å². The third kappa shape index (κ3) is 1.48. The van der Waals surface area contributed by atoms with E-state index >= 15 is 0 Å². The molecule has 0 radical (unpaired) electrons. The van der Waals surface area contributed by atoms with Crippen LogP contribution in [0.25, 0.3) is 10.9 Å². The van der Waals surface area contributed by atoms with Gasteiger partial charge in [0.15, 0.2) is 0 Å². The second-order valence-corrected chi connectivity index (χ2v) is 4.46. The Balaban J connectivity index is 2.09. The molecule has 1 aromatic carbocycles. The van der Waals surface area contributed by atoms with Crippen LogP contribution in [0, 0.1) is 5.92 Å². The van der Waals surface area contributed by atoms with Gasteiger partial charge in [-0.1, -0.05) is 18.2 Å². The van der Waals surface area contributed by atoms with Gasteiger partial charge in [0.25, 0.3) is 0 Å². The maximum atomic E-state index is 11.6. The van der Waals surface area contributed by atoms with Crippen LogP contribution in [0.15, 0.2) is 30.5 Å². The molecule has 0 unspecified atom stereocenters. The third-order valence-electron chi connectivity index (χ3n) is 3.47. The number of amides is 1. The van der Waals surface area contributed by atoms with Crippen molar-refractivity contribution in [2.24, 2.45) is 5.92 Å². The zero-order valence-electron chi connectivity index (χ0n) is 9.51. The highest BCUT2D eigenvalue weighted by Gasteiger charge is 2.41. The molecule has 5 heteroatoms. The molecule has 2 atom stereocenters. The number of carbonyl (C=O) groups excluding carboxylic acids is 1. The van der Waals surface area contributed by atoms with Crippen molar-refractivity contribution >= 4 is 22.8 Å². The largest absolute Gasteiger partial charge is 0.481 e. The number of aromatic nitrogens is 1. The molecule has 0 saturated carbocycles. The van der Waals surface area contributed by atoms with Crippen LogP contribution < -0.4 is 5.32 Å². The molecule has 0 spiro atoms. The molecule has 1 aliphatic heterocycles. The molecule has 0 aliphatic carbocycles. The SMILES string of the molecule is O=C(O)[C@H]1C(=O)NC[C@@H]1c1c[nH]c2ccccc12. The molecule has 3 rings (SSSR count). The predicted octanol–water partition coefficient (Wildman–Crippen LogP) is 1.08. The lowest BCUT2D eigenvalue weighted by atomic mass is 9.88. The number of rotatable bonds is 2. The van der Waals surface area contributed by atoms with Crippen LogP contribution in [0.2, 0.25) is 0 Å². The van der Waals surface area contributed by atoms with Gasteiger partial charge in [0.2, 0.25) is 5.91 Å². The molecule has 18 heavy (non-hydrogen) atoms. The van der Waals surface area contributed by atoms with E-state index < -0.39 is 17.8 Å². The number of H-pyrrole nitrogens is 1. The van der Waals surface area contributed by atoms with Crippen LogP contribution in [0.4, 0.5) is 0 Å². The molecule has 1 amide bonds. The molecule has 2 heterocycles. The number of hydrogen-bond donors (Lipinski definition) is 3. The quantitative estimate of drug-likeness (QED) is 0.691. The van der Waals surface area contributed by atoms with E-state index in [-0.39, 0.29) is 5.92 Å². The number of para-hydroxylation sites is 1. The van der Waals surface area contributed by atoms with Crippen LogP contribution in [-0.4, -0.2) is 28.5 Å². The van der Waals surface area contributed by atoms with Gasteiger partial charge in [-0.3, -0.25) is 9.59 Å². The Morgan fingerprint density at radius 1 is 1.33 bits per heavy atom. The van der Waals surface area contributed by atoms with Crippen LogP contribution in [0.1, 0.15) is 11.5 Å². The molecule has 1 fully saturated rings. The van der Waals surface area contributed by atoms with Gasteiger partial charge >= 0.3 is 5.97 Å². The molecule has 3 N–H and O–H groups in total. The minimum atomic E-state index is -1.07. The van der Waals surface area contributed by atoms with E-state index in [1.165, 1.54) is 0 Å². The van der Waals surface area contributed by atoms with Gasteiger partial charge in [0.1, 0.15) is 5.92 Å². The van der Waals surface area contributed by atoms with Crippen molar-refractivity contribution in [3.8, 4) is 0 Å². The van der Waals surface area contributed by atoms with Crippen molar-refractivity contribution in [3.63, 3.8) is 0 Å². The number of carboxylic acid groups (broad SMARTS) is 1. The summed E-state index contributed by atoms with van der Waals surface area (Å²) in [6.45, 7) is 0.373. The maximum absolute atomic E-state index is 11.6. The van der Waals surface area contributed by atoms with Gasteiger partial charge in [-0.25, -0.2) is 0 Å². The van der Waals surface area contributed by atoms with Gasteiger partial charge in [0.05, 0.1) is 0 Å². The first kappa shape index (κ1) is 10.8. The number of carbonyl (C=O) groups is 2. The van der Waals surface area contributed by atoms with Crippen molar-refractivity contribution in [2.45, 2.75) is 5.92 Å². The fourth-order valence-electron chi connectivity index (χ4n) is 2.60. The zero-order chi connectivity index (χ0) is 12.7. The number of aromatic amines is 1. The number of nitrogens with one attached hydrogen (secondary N) is 2. The van der Waals surface area contributed by atoms with E-state index in [0.29, 0.717) is 6.54 Å². The average molecular weight is 244 g/mol. The topological polar surface area (TPSA) is 82.2 Å². The Kier molecular flexibility index (Phi) is 2.33. The second kappa shape index (κ2) is 3.87. The Hall–Kier alpha value is -2.30. The molecule has 2 aromatic rings. The number of hydrogen-bond acceptors (Lipinski definition) is 2. The number of fused-ring (bicyclic) bond motifs is 1. The molecule has 1 aromatic heterocycles. The van der Waals surface area contributed by atoms with Crippen LogP contribution in [-0.2, 0) is 9.59 Å². The Bertz CT molecular complexity index is 632. The Morgan fingerprint density at radius 3 is 2.89 bits per heavy atom. The van der Waals surface area contributed by atoms with Crippen molar-refractivity contribution in [2.75, 3.05) is 6.54 Å². The summed E-state index contributed by atoms with van der Waals surface area (Å²) >= 11 is 0. The molecule has 1 aliphatic rings. The van der Waals surface area contributed by atoms with E-state index in [1.807, 2.05) is 24.3 Å². The summed E-state index contributed by atoms with van der Waals surface area (Å²) in [5, 5.41) is 12.8. The standard InChI is InChI=1S/C13H12N2O3/c16-12-11(13(17)18)9(6-15-12)8-5-14-10-4-2-1-3-7(8)10/h1-5,9,11,14H,6H2,(H,15,16)(H,17,18)/t9-,11-/m1/s1. The predicted molar refractivity (Wildman–Crippen MR) is 65.2 cm³/mol. The van der Waals surface area contributed by atoms with E-state index in [2.05, 4.69) is 10.3 Å². The maximum Gasteiger partial charge on any atom is 0.316 e.